The van der Waals surface area contributed by atoms with Gasteiger partial charge in [-0.15, -0.1) is 0 Å². The van der Waals surface area contributed by atoms with Gasteiger partial charge < -0.3 is 15.0 Å². The zero-order valence-corrected chi connectivity index (χ0v) is 16.4. The third kappa shape index (κ3) is 4.51. The van der Waals surface area contributed by atoms with E-state index in [2.05, 4.69) is 5.32 Å². The lowest BCUT2D eigenvalue weighted by Crippen LogP contribution is -2.28. The number of anilines is 2. The largest absolute Gasteiger partial charge is 0.459 e. The van der Waals surface area contributed by atoms with Gasteiger partial charge in [0.25, 0.3) is 0 Å². The van der Waals surface area contributed by atoms with Gasteiger partial charge in [-0.3, -0.25) is 9.59 Å². The van der Waals surface area contributed by atoms with Crippen LogP contribution in [0, 0.1) is 5.92 Å². The Morgan fingerprint density at radius 3 is 2.46 bits per heavy atom. The minimum absolute atomic E-state index is 0.121. The van der Waals surface area contributed by atoms with E-state index < -0.39 is 11.9 Å². The zero-order valence-electron chi connectivity index (χ0n) is 15.6. The van der Waals surface area contributed by atoms with Crippen molar-refractivity contribution in [2.24, 2.45) is 5.92 Å². The van der Waals surface area contributed by atoms with Crippen molar-refractivity contribution in [3.05, 3.63) is 59.1 Å². The fourth-order valence-corrected chi connectivity index (χ4v) is 3.24. The van der Waals surface area contributed by atoms with Crippen molar-refractivity contribution >= 4 is 40.8 Å². The van der Waals surface area contributed by atoms with Crippen molar-refractivity contribution in [2.75, 3.05) is 16.8 Å². The van der Waals surface area contributed by atoms with Gasteiger partial charge in [0.1, 0.15) is 0 Å². The fraction of sp³-hybridized carbons (Fsp3) is 0.286. The van der Waals surface area contributed by atoms with E-state index in [1.54, 1.807) is 62.4 Å². The van der Waals surface area contributed by atoms with Gasteiger partial charge in [-0.25, -0.2) is 4.79 Å². The summed E-state index contributed by atoms with van der Waals surface area (Å²) in [7, 11) is 0. The number of hydrogen-bond donors (Lipinski definition) is 1. The summed E-state index contributed by atoms with van der Waals surface area (Å²) in [6.07, 6.45) is -0.0802. The lowest BCUT2D eigenvalue weighted by molar-refractivity contribution is -0.122. The molecule has 2 aromatic rings. The molecule has 0 unspecified atom stereocenters. The molecule has 7 heteroatoms. The van der Waals surface area contributed by atoms with E-state index in [1.807, 2.05) is 0 Å². The molecule has 2 amide bonds. The maximum atomic E-state index is 12.6. The summed E-state index contributed by atoms with van der Waals surface area (Å²) in [5, 5.41) is 3.27. The zero-order chi connectivity index (χ0) is 20.3. The summed E-state index contributed by atoms with van der Waals surface area (Å²) < 4.78 is 5.13. The summed E-state index contributed by atoms with van der Waals surface area (Å²) in [6.45, 7) is 3.83. The van der Waals surface area contributed by atoms with Crippen LogP contribution in [-0.4, -0.2) is 30.4 Å². The summed E-state index contributed by atoms with van der Waals surface area (Å²) in [5.41, 5.74) is 1.57. The Kier molecular flexibility index (Phi) is 5.99. The van der Waals surface area contributed by atoms with Crippen LogP contribution in [0.25, 0.3) is 0 Å². The molecule has 1 heterocycles. The number of nitrogens with one attached hydrogen (secondary N) is 1. The van der Waals surface area contributed by atoms with Gasteiger partial charge in [0, 0.05) is 18.7 Å². The Morgan fingerprint density at radius 1 is 1.14 bits per heavy atom. The second-order valence-electron chi connectivity index (χ2n) is 6.88. The molecule has 2 aromatic carbocycles. The van der Waals surface area contributed by atoms with Crippen LogP contribution in [0.15, 0.2) is 48.5 Å². The number of amides is 2. The van der Waals surface area contributed by atoms with E-state index in [1.165, 1.54) is 4.90 Å². The van der Waals surface area contributed by atoms with Crippen LogP contribution in [0.3, 0.4) is 0 Å². The predicted octanol–water partition coefficient (Wildman–Crippen LogP) is 3.90. The molecule has 6 nitrogen and oxygen atoms in total. The Labute approximate surface area is 168 Å². The first-order valence-electron chi connectivity index (χ1n) is 9.02. The Morgan fingerprint density at radius 2 is 1.82 bits per heavy atom. The molecule has 0 bridgehead atoms. The van der Waals surface area contributed by atoms with E-state index in [4.69, 9.17) is 16.3 Å². The minimum atomic E-state index is -0.477. The van der Waals surface area contributed by atoms with Gasteiger partial charge in [-0.2, -0.15) is 0 Å². The van der Waals surface area contributed by atoms with Gasteiger partial charge in [0.05, 0.1) is 28.3 Å². The van der Waals surface area contributed by atoms with Crippen LogP contribution in [0.2, 0.25) is 5.02 Å². The SMILES string of the molecule is CC(C)OC(=O)c1ccc(NC(=O)[C@@H]2CC(=O)N(c3ccccc3Cl)C2)cc1. The molecule has 1 fully saturated rings. The molecule has 0 spiro atoms. The van der Waals surface area contributed by atoms with Crippen LogP contribution in [0.5, 0.6) is 0 Å². The highest BCUT2D eigenvalue weighted by Crippen LogP contribution is 2.31. The lowest BCUT2D eigenvalue weighted by atomic mass is 10.1. The van der Waals surface area contributed by atoms with Crippen LogP contribution in [-0.2, 0) is 14.3 Å². The first kappa shape index (κ1) is 19.9. The van der Waals surface area contributed by atoms with Gasteiger partial charge in [0.2, 0.25) is 11.8 Å². The topological polar surface area (TPSA) is 75.7 Å². The quantitative estimate of drug-likeness (QED) is 0.772. The molecule has 28 heavy (non-hydrogen) atoms. The monoisotopic (exact) mass is 400 g/mol. The summed E-state index contributed by atoms with van der Waals surface area (Å²) in [4.78, 5) is 38.3. The third-order valence-electron chi connectivity index (χ3n) is 4.37. The van der Waals surface area contributed by atoms with Crippen molar-refractivity contribution in [3.63, 3.8) is 0 Å². The molecule has 1 aliphatic heterocycles. The van der Waals surface area contributed by atoms with Gasteiger partial charge >= 0.3 is 5.97 Å². The number of halogens is 1. The van der Waals surface area contributed by atoms with Crippen LogP contribution in [0.1, 0.15) is 30.6 Å². The van der Waals surface area contributed by atoms with Crippen LogP contribution < -0.4 is 10.2 Å². The molecule has 0 aromatic heterocycles. The third-order valence-corrected chi connectivity index (χ3v) is 4.69. The highest BCUT2D eigenvalue weighted by molar-refractivity contribution is 6.33. The molecule has 1 saturated heterocycles. The molecule has 3 rings (SSSR count). The normalized spacial score (nSPS) is 16.4. The smallest absolute Gasteiger partial charge is 0.338 e. The Hall–Kier alpha value is -2.86. The number of carbonyl (C=O) groups is 3. The second kappa shape index (κ2) is 8.44. The number of para-hydroxylation sites is 1. The molecule has 0 saturated carbocycles. The summed E-state index contributed by atoms with van der Waals surface area (Å²) in [5.74, 6) is -1.28. The molecule has 1 N–H and O–H groups in total. The number of carbonyl (C=O) groups excluding carboxylic acids is 3. The van der Waals surface area contributed by atoms with Crippen molar-refractivity contribution in [1.82, 2.24) is 0 Å². The fourth-order valence-electron chi connectivity index (χ4n) is 3.00. The maximum absolute atomic E-state index is 12.6. The highest BCUT2D eigenvalue weighted by Gasteiger charge is 2.35. The molecule has 146 valence electrons. The number of hydrogen-bond acceptors (Lipinski definition) is 4. The van der Waals surface area contributed by atoms with Crippen molar-refractivity contribution in [1.29, 1.82) is 0 Å². The summed E-state index contributed by atoms with van der Waals surface area (Å²) in [6, 6.07) is 13.5. The molecular formula is C21H21ClN2O4. The number of ether oxygens (including phenoxy) is 1. The number of esters is 1. The molecule has 0 radical (unpaired) electrons. The Bertz CT molecular complexity index is 896. The standard InChI is InChI=1S/C21H21ClN2O4/c1-13(2)28-21(27)14-7-9-16(10-8-14)23-20(26)15-11-19(25)24(12-15)18-6-4-3-5-17(18)22/h3-10,13,15H,11-12H2,1-2H3,(H,23,26)/t15-/m1/s1. The molecule has 1 aliphatic rings. The van der Waals surface area contributed by atoms with E-state index in [9.17, 15) is 14.4 Å². The van der Waals surface area contributed by atoms with E-state index in [0.717, 1.165) is 0 Å². The number of nitrogens with zero attached hydrogens (tertiary/aromatic N) is 1. The van der Waals surface area contributed by atoms with Gasteiger partial charge in [0.15, 0.2) is 0 Å². The van der Waals surface area contributed by atoms with Crippen molar-refractivity contribution in [3.8, 4) is 0 Å². The first-order chi connectivity index (χ1) is 13.3. The first-order valence-corrected chi connectivity index (χ1v) is 9.39. The van der Waals surface area contributed by atoms with Crippen LogP contribution in [0.4, 0.5) is 11.4 Å². The molecule has 1 atom stereocenters. The summed E-state index contributed by atoms with van der Waals surface area (Å²) >= 11 is 6.17. The van der Waals surface area contributed by atoms with E-state index >= 15 is 0 Å². The maximum Gasteiger partial charge on any atom is 0.338 e. The average Bonchev–Trinajstić information content (AvgIpc) is 3.04. The van der Waals surface area contributed by atoms with E-state index in [0.29, 0.717) is 22.0 Å². The Balaban J connectivity index is 1.63. The molecular weight excluding hydrogens is 380 g/mol. The van der Waals surface area contributed by atoms with Crippen LogP contribution >= 0.6 is 11.6 Å². The van der Waals surface area contributed by atoms with Crippen molar-refractivity contribution in [2.45, 2.75) is 26.4 Å². The number of rotatable bonds is 5. The lowest BCUT2D eigenvalue weighted by Gasteiger charge is -2.18. The predicted molar refractivity (Wildman–Crippen MR) is 108 cm³/mol. The van der Waals surface area contributed by atoms with Gasteiger partial charge in [-0.1, -0.05) is 23.7 Å². The second-order valence-corrected chi connectivity index (χ2v) is 7.28. The molecule has 0 aliphatic carbocycles. The average molecular weight is 401 g/mol. The van der Waals surface area contributed by atoms with Gasteiger partial charge in [-0.05, 0) is 50.2 Å². The highest BCUT2D eigenvalue weighted by atomic mass is 35.5. The van der Waals surface area contributed by atoms with E-state index in [-0.39, 0.29) is 30.9 Å². The minimum Gasteiger partial charge on any atom is -0.459 e. The number of benzene rings is 2. The van der Waals surface area contributed by atoms with Crippen molar-refractivity contribution < 1.29 is 19.1 Å².